The monoisotopic (exact) mass is 446 g/mol. The molecule has 0 bridgehead atoms. The van der Waals surface area contributed by atoms with Crippen molar-refractivity contribution in [2.75, 3.05) is 29.7 Å². The van der Waals surface area contributed by atoms with Crippen molar-refractivity contribution in [3.05, 3.63) is 59.0 Å². The first kappa shape index (κ1) is 22.2. The standard InChI is InChI=1S/C23H26N8O2/c1-14-19-21(30(3)20(15(2)33-4)22(32)28-19)29-23(27-14)25-10-18-11-26-31(13-18)12-17-7-5-6-16(8-17)9-24/h5-8,11,13,15,20H,10,12H2,1-4H3,(H,28,32)(H,25,27,29)/t15-,20+/m1/s1. The van der Waals surface area contributed by atoms with Crippen LogP contribution in [0, 0.1) is 18.3 Å². The Hall–Kier alpha value is -3.97. The zero-order chi connectivity index (χ0) is 23.5. The molecule has 0 spiro atoms. The largest absolute Gasteiger partial charge is 0.379 e. The van der Waals surface area contributed by atoms with Gasteiger partial charge in [-0.1, -0.05) is 12.1 Å². The number of nitrogens with one attached hydrogen (secondary N) is 2. The van der Waals surface area contributed by atoms with Crippen molar-refractivity contribution in [3.8, 4) is 6.07 Å². The van der Waals surface area contributed by atoms with Crippen LogP contribution in [0.2, 0.25) is 0 Å². The van der Waals surface area contributed by atoms with Gasteiger partial charge in [-0.2, -0.15) is 15.3 Å². The molecule has 1 aliphatic rings. The van der Waals surface area contributed by atoms with Gasteiger partial charge in [-0.3, -0.25) is 9.48 Å². The number of nitriles is 1. The maximum atomic E-state index is 12.6. The number of amides is 1. The van der Waals surface area contributed by atoms with Gasteiger partial charge < -0.3 is 20.3 Å². The van der Waals surface area contributed by atoms with Crippen LogP contribution in [-0.4, -0.2) is 52.0 Å². The molecule has 2 atom stereocenters. The van der Waals surface area contributed by atoms with Gasteiger partial charge in [-0.05, 0) is 31.5 Å². The predicted molar refractivity (Wildman–Crippen MR) is 124 cm³/mol. The van der Waals surface area contributed by atoms with Crippen molar-refractivity contribution in [2.24, 2.45) is 0 Å². The minimum absolute atomic E-state index is 0.139. The second-order valence-corrected chi connectivity index (χ2v) is 8.03. The SMILES string of the molecule is CO[C@H](C)[C@H]1C(=O)Nc2c(C)nc(NCc3cnn(Cc4cccc(C#N)c4)c3)nc2N1C. The van der Waals surface area contributed by atoms with Gasteiger partial charge in [0, 0.05) is 32.5 Å². The molecule has 2 N–H and O–H groups in total. The molecule has 0 fully saturated rings. The number of hydrogen-bond acceptors (Lipinski definition) is 8. The topological polar surface area (TPSA) is 121 Å². The smallest absolute Gasteiger partial charge is 0.249 e. The minimum atomic E-state index is -0.484. The van der Waals surface area contributed by atoms with E-state index in [4.69, 9.17) is 10.00 Å². The molecule has 1 aromatic carbocycles. The van der Waals surface area contributed by atoms with Gasteiger partial charge in [-0.15, -0.1) is 0 Å². The van der Waals surface area contributed by atoms with Gasteiger partial charge in [-0.25, -0.2) is 4.98 Å². The van der Waals surface area contributed by atoms with E-state index in [9.17, 15) is 4.79 Å². The third kappa shape index (κ3) is 4.63. The summed E-state index contributed by atoms with van der Waals surface area (Å²) in [5.41, 5.74) is 3.90. The Bertz CT molecular complexity index is 1220. The Morgan fingerprint density at radius 3 is 2.91 bits per heavy atom. The number of aromatic nitrogens is 4. The number of nitrogens with zero attached hydrogens (tertiary/aromatic N) is 6. The molecule has 1 amide bonds. The summed E-state index contributed by atoms with van der Waals surface area (Å²) in [6, 6.07) is 9.15. The highest BCUT2D eigenvalue weighted by atomic mass is 16.5. The van der Waals surface area contributed by atoms with Crippen LogP contribution in [0.25, 0.3) is 0 Å². The van der Waals surface area contributed by atoms with Gasteiger partial charge in [0.25, 0.3) is 0 Å². The summed E-state index contributed by atoms with van der Waals surface area (Å²) < 4.78 is 7.21. The predicted octanol–water partition coefficient (Wildman–Crippen LogP) is 2.31. The lowest BCUT2D eigenvalue weighted by molar-refractivity contribution is -0.120. The maximum absolute atomic E-state index is 12.6. The lowest BCUT2D eigenvalue weighted by Gasteiger charge is -2.37. The molecule has 0 aliphatic carbocycles. The number of fused-ring (bicyclic) bond motifs is 1. The van der Waals surface area contributed by atoms with E-state index >= 15 is 0 Å². The van der Waals surface area contributed by atoms with E-state index in [1.165, 1.54) is 0 Å². The van der Waals surface area contributed by atoms with Crippen LogP contribution in [0.5, 0.6) is 0 Å². The molecule has 170 valence electrons. The van der Waals surface area contributed by atoms with Crippen LogP contribution in [-0.2, 0) is 22.6 Å². The van der Waals surface area contributed by atoms with Crippen molar-refractivity contribution < 1.29 is 9.53 Å². The molecule has 0 unspecified atom stereocenters. The molecule has 1 aliphatic heterocycles. The number of methoxy groups -OCH3 is 1. The van der Waals surface area contributed by atoms with E-state index < -0.39 is 6.04 Å². The van der Waals surface area contributed by atoms with Crippen LogP contribution < -0.4 is 15.5 Å². The molecule has 0 saturated heterocycles. The number of benzene rings is 1. The zero-order valence-corrected chi connectivity index (χ0v) is 19.0. The van der Waals surface area contributed by atoms with Crippen molar-refractivity contribution in [1.29, 1.82) is 5.26 Å². The van der Waals surface area contributed by atoms with Crippen molar-refractivity contribution in [3.63, 3.8) is 0 Å². The van der Waals surface area contributed by atoms with Crippen LogP contribution in [0.1, 0.15) is 29.3 Å². The summed E-state index contributed by atoms with van der Waals surface area (Å²) in [5.74, 6) is 0.971. The van der Waals surface area contributed by atoms with Crippen LogP contribution >= 0.6 is 0 Å². The molecule has 4 rings (SSSR count). The van der Waals surface area contributed by atoms with Crippen molar-refractivity contribution >= 4 is 23.4 Å². The fourth-order valence-electron chi connectivity index (χ4n) is 3.89. The number of carbonyl (C=O) groups is 1. The molecule has 0 saturated carbocycles. The quantitative estimate of drug-likeness (QED) is 0.567. The normalized spacial score (nSPS) is 16.0. The Morgan fingerprint density at radius 2 is 2.15 bits per heavy atom. The van der Waals surface area contributed by atoms with Crippen LogP contribution in [0.4, 0.5) is 17.5 Å². The zero-order valence-electron chi connectivity index (χ0n) is 19.0. The highest BCUT2D eigenvalue weighted by molar-refractivity contribution is 6.03. The van der Waals surface area contributed by atoms with E-state index in [0.717, 1.165) is 11.1 Å². The van der Waals surface area contributed by atoms with E-state index in [1.54, 1.807) is 19.4 Å². The fourth-order valence-corrected chi connectivity index (χ4v) is 3.89. The lowest BCUT2D eigenvalue weighted by atomic mass is 10.1. The summed E-state index contributed by atoms with van der Waals surface area (Å²) in [6.07, 6.45) is 3.43. The lowest BCUT2D eigenvalue weighted by Crippen LogP contribution is -2.53. The highest BCUT2D eigenvalue weighted by Gasteiger charge is 2.37. The molecule has 33 heavy (non-hydrogen) atoms. The van der Waals surface area contributed by atoms with E-state index in [1.807, 2.05) is 54.9 Å². The molecule has 3 aromatic rings. The average molecular weight is 447 g/mol. The fraction of sp³-hybridized carbons (Fsp3) is 0.348. The van der Waals surface area contributed by atoms with Gasteiger partial charge >= 0.3 is 0 Å². The number of rotatable bonds is 7. The van der Waals surface area contributed by atoms with Crippen molar-refractivity contribution in [1.82, 2.24) is 19.7 Å². The Labute approximate surface area is 192 Å². The van der Waals surface area contributed by atoms with Gasteiger partial charge in [0.1, 0.15) is 11.7 Å². The van der Waals surface area contributed by atoms with Gasteiger partial charge in [0.2, 0.25) is 11.9 Å². The second-order valence-electron chi connectivity index (χ2n) is 8.03. The minimum Gasteiger partial charge on any atom is -0.379 e. The molecular weight excluding hydrogens is 420 g/mol. The van der Waals surface area contributed by atoms with Crippen LogP contribution in [0.15, 0.2) is 36.7 Å². The second kappa shape index (κ2) is 9.26. The molecule has 2 aromatic heterocycles. The Kier molecular flexibility index (Phi) is 6.24. The summed E-state index contributed by atoms with van der Waals surface area (Å²) in [5, 5.41) is 19.6. The first-order valence-electron chi connectivity index (χ1n) is 10.6. The summed E-state index contributed by atoms with van der Waals surface area (Å²) in [4.78, 5) is 23.5. The first-order valence-corrected chi connectivity index (χ1v) is 10.6. The van der Waals surface area contributed by atoms with E-state index in [0.29, 0.717) is 41.8 Å². The summed E-state index contributed by atoms with van der Waals surface area (Å²) in [7, 11) is 3.42. The molecule has 10 heteroatoms. The summed E-state index contributed by atoms with van der Waals surface area (Å²) in [6.45, 7) is 4.76. The Morgan fingerprint density at radius 1 is 1.33 bits per heavy atom. The third-order valence-electron chi connectivity index (χ3n) is 5.69. The first-order chi connectivity index (χ1) is 15.9. The molecular formula is C23H26N8O2. The average Bonchev–Trinajstić information content (AvgIpc) is 3.25. The maximum Gasteiger partial charge on any atom is 0.249 e. The number of carbonyl (C=O) groups excluding carboxylic acids is 1. The molecule has 0 radical (unpaired) electrons. The van der Waals surface area contributed by atoms with Gasteiger partial charge in [0.15, 0.2) is 5.82 Å². The van der Waals surface area contributed by atoms with Gasteiger partial charge in [0.05, 0.1) is 36.2 Å². The number of aryl methyl sites for hydroxylation is 1. The third-order valence-corrected chi connectivity index (χ3v) is 5.69. The molecule has 3 heterocycles. The number of anilines is 3. The number of likely N-dealkylation sites (N-methyl/N-ethyl adjacent to an activating group) is 1. The van der Waals surface area contributed by atoms with Crippen molar-refractivity contribution in [2.45, 2.75) is 39.1 Å². The van der Waals surface area contributed by atoms with E-state index in [2.05, 4.69) is 31.8 Å². The molecule has 10 nitrogen and oxygen atoms in total. The van der Waals surface area contributed by atoms with E-state index in [-0.39, 0.29) is 12.0 Å². The number of hydrogen-bond donors (Lipinski definition) is 2. The Balaban J connectivity index is 1.47. The van der Waals surface area contributed by atoms with Crippen LogP contribution in [0.3, 0.4) is 0 Å². The number of ether oxygens (including phenoxy) is 1. The summed E-state index contributed by atoms with van der Waals surface area (Å²) >= 11 is 0. The highest BCUT2D eigenvalue weighted by Crippen LogP contribution is 2.33.